The molecule has 0 bridgehead atoms. The van der Waals surface area contributed by atoms with Crippen molar-refractivity contribution in [3.05, 3.63) is 21.6 Å². The van der Waals surface area contributed by atoms with Gasteiger partial charge >= 0.3 is 0 Å². The molecular formula is C14H20BrClN2O2S. The van der Waals surface area contributed by atoms with Gasteiger partial charge in [-0.3, -0.25) is 0 Å². The number of halogens is 2. The van der Waals surface area contributed by atoms with E-state index in [2.05, 4.69) is 15.9 Å². The molecule has 0 spiro atoms. The van der Waals surface area contributed by atoms with Gasteiger partial charge in [-0.15, -0.1) is 0 Å². The number of anilines is 1. The lowest BCUT2D eigenvalue weighted by atomic mass is 9.95. The zero-order valence-electron chi connectivity index (χ0n) is 12.0. The minimum absolute atomic E-state index is 0.0702. The fourth-order valence-electron chi connectivity index (χ4n) is 2.89. The van der Waals surface area contributed by atoms with E-state index < -0.39 is 10.0 Å². The second-order valence-electron chi connectivity index (χ2n) is 5.31. The summed E-state index contributed by atoms with van der Waals surface area (Å²) in [5.41, 5.74) is 6.16. The van der Waals surface area contributed by atoms with Gasteiger partial charge in [0.15, 0.2) is 0 Å². The average molecular weight is 396 g/mol. The van der Waals surface area contributed by atoms with E-state index in [0.29, 0.717) is 21.7 Å². The standard InChI is InChI=1S/C14H20BrClN2O2S/c1-2-18(11-6-4-3-5-7-11)21(19,20)13-9-10(16)8-12(17)14(13)15/h8-9,11H,2-7,17H2,1H3. The average Bonchev–Trinajstić information content (AvgIpc) is 2.44. The van der Waals surface area contributed by atoms with E-state index in [1.54, 1.807) is 10.4 Å². The van der Waals surface area contributed by atoms with Crippen LogP contribution in [-0.2, 0) is 10.0 Å². The maximum absolute atomic E-state index is 13.0. The zero-order valence-corrected chi connectivity index (χ0v) is 15.1. The Labute approximate surface area is 139 Å². The minimum atomic E-state index is -3.60. The molecule has 0 amide bonds. The highest BCUT2D eigenvalue weighted by Crippen LogP contribution is 2.35. The van der Waals surface area contributed by atoms with Gasteiger partial charge in [-0.05, 0) is 40.9 Å². The molecule has 2 N–H and O–H groups in total. The van der Waals surface area contributed by atoms with Crippen molar-refractivity contribution in [2.24, 2.45) is 0 Å². The SMILES string of the molecule is CCN(C1CCCCC1)S(=O)(=O)c1cc(Cl)cc(N)c1Br. The molecule has 1 fully saturated rings. The number of nitrogens with zero attached hydrogens (tertiary/aromatic N) is 1. The lowest BCUT2D eigenvalue weighted by Gasteiger charge is -2.33. The number of nitrogen functional groups attached to an aromatic ring is 1. The van der Waals surface area contributed by atoms with Crippen molar-refractivity contribution in [3.8, 4) is 0 Å². The Morgan fingerprint density at radius 2 is 1.95 bits per heavy atom. The van der Waals surface area contributed by atoms with Crippen molar-refractivity contribution in [3.63, 3.8) is 0 Å². The molecule has 0 heterocycles. The van der Waals surface area contributed by atoms with Crippen molar-refractivity contribution in [1.29, 1.82) is 0 Å². The molecule has 0 saturated heterocycles. The molecule has 118 valence electrons. The number of sulfonamides is 1. The lowest BCUT2D eigenvalue weighted by Crippen LogP contribution is -2.41. The summed E-state index contributed by atoms with van der Waals surface area (Å²) < 4.78 is 27.9. The predicted molar refractivity (Wildman–Crippen MR) is 90.0 cm³/mol. The van der Waals surface area contributed by atoms with Gasteiger partial charge in [0.2, 0.25) is 10.0 Å². The van der Waals surface area contributed by atoms with Crippen LogP contribution in [0.4, 0.5) is 5.69 Å². The van der Waals surface area contributed by atoms with E-state index in [9.17, 15) is 8.42 Å². The first-order valence-corrected chi connectivity index (χ1v) is 9.75. The molecule has 0 unspecified atom stereocenters. The third kappa shape index (κ3) is 3.55. The van der Waals surface area contributed by atoms with E-state index in [4.69, 9.17) is 17.3 Å². The van der Waals surface area contributed by atoms with Gasteiger partial charge in [0.05, 0.1) is 9.37 Å². The Bertz CT molecular complexity index is 616. The third-order valence-corrected chi connectivity index (χ3v) is 7.33. The molecule has 1 saturated carbocycles. The van der Waals surface area contributed by atoms with Crippen LogP contribution in [0.3, 0.4) is 0 Å². The topological polar surface area (TPSA) is 63.4 Å². The Hall–Kier alpha value is -0.300. The molecule has 0 aliphatic heterocycles. The van der Waals surface area contributed by atoms with Gasteiger partial charge < -0.3 is 5.73 Å². The summed E-state index contributed by atoms with van der Waals surface area (Å²) in [5.74, 6) is 0. The van der Waals surface area contributed by atoms with Crippen molar-refractivity contribution >= 4 is 43.2 Å². The molecule has 4 nitrogen and oxygen atoms in total. The summed E-state index contributed by atoms with van der Waals surface area (Å²) in [6.07, 6.45) is 5.18. The van der Waals surface area contributed by atoms with Crippen molar-refractivity contribution in [2.75, 3.05) is 12.3 Å². The molecule has 1 aromatic rings. The van der Waals surface area contributed by atoms with E-state index >= 15 is 0 Å². The maximum Gasteiger partial charge on any atom is 0.244 e. The Morgan fingerprint density at radius 1 is 1.33 bits per heavy atom. The molecule has 0 radical (unpaired) electrons. The molecule has 1 aliphatic rings. The first kappa shape index (κ1) is 17.1. The van der Waals surface area contributed by atoms with E-state index in [0.717, 1.165) is 25.7 Å². The number of rotatable bonds is 4. The maximum atomic E-state index is 13.0. The molecule has 0 atom stereocenters. The number of benzene rings is 1. The molecule has 7 heteroatoms. The zero-order chi connectivity index (χ0) is 15.6. The smallest absolute Gasteiger partial charge is 0.244 e. The first-order chi connectivity index (χ1) is 9.87. The van der Waals surface area contributed by atoms with Gasteiger partial charge in [0.1, 0.15) is 0 Å². The number of nitrogens with two attached hydrogens (primary N) is 1. The summed E-state index contributed by atoms with van der Waals surface area (Å²) >= 11 is 9.26. The summed E-state index contributed by atoms with van der Waals surface area (Å²) in [6.45, 7) is 2.32. The highest BCUT2D eigenvalue weighted by molar-refractivity contribution is 9.10. The van der Waals surface area contributed by atoms with Gasteiger partial charge in [0.25, 0.3) is 0 Å². The van der Waals surface area contributed by atoms with Crippen LogP contribution in [0, 0.1) is 0 Å². The van der Waals surface area contributed by atoms with E-state index in [1.807, 2.05) is 6.92 Å². The summed E-state index contributed by atoms with van der Waals surface area (Å²) in [5, 5.41) is 0.328. The molecule has 21 heavy (non-hydrogen) atoms. The van der Waals surface area contributed by atoms with Crippen LogP contribution in [0.15, 0.2) is 21.5 Å². The Morgan fingerprint density at radius 3 is 2.52 bits per heavy atom. The first-order valence-electron chi connectivity index (χ1n) is 7.14. The van der Waals surface area contributed by atoms with E-state index in [-0.39, 0.29) is 10.9 Å². The van der Waals surface area contributed by atoms with Crippen molar-refractivity contribution in [1.82, 2.24) is 4.31 Å². The fourth-order valence-corrected chi connectivity index (χ4v) is 5.84. The van der Waals surface area contributed by atoms with Crippen molar-refractivity contribution in [2.45, 2.75) is 50.0 Å². The van der Waals surface area contributed by atoms with Crippen LogP contribution in [0.2, 0.25) is 5.02 Å². The van der Waals surface area contributed by atoms with Crippen LogP contribution < -0.4 is 5.73 Å². The third-order valence-electron chi connectivity index (χ3n) is 3.91. The summed E-state index contributed by atoms with van der Waals surface area (Å²) in [6, 6.07) is 3.07. The molecule has 1 aromatic carbocycles. The largest absolute Gasteiger partial charge is 0.398 e. The summed E-state index contributed by atoms with van der Waals surface area (Å²) in [7, 11) is -3.60. The molecule has 0 aromatic heterocycles. The highest BCUT2D eigenvalue weighted by atomic mass is 79.9. The second kappa shape index (κ2) is 6.86. The molecule has 1 aliphatic carbocycles. The minimum Gasteiger partial charge on any atom is -0.398 e. The van der Waals surface area contributed by atoms with Crippen molar-refractivity contribution < 1.29 is 8.42 Å². The van der Waals surface area contributed by atoms with Crippen LogP contribution in [0.5, 0.6) is 0 Å². The Kier molecular flexibility index (Phi) is 5.57. The van der Waals surface area contributed by atoms with E-state index in [1.165, 1.54) is 12.5 Å². The molecular weight excluding hydrogens is 376 g/mol. The summed E-state index contributed by atoms with van der Waals surface area (Å²) in [4.78, 5) is 0.153. The second-order valence-corrected chi connectivity index (χ2v) is 8.40. The van der Waals surface area contributed by atoms with Crippen LogP contribution in [-0.4, -0.2) is 25.3 Å². The fraction of sp³-hybridized carbons (Fsp3) is 0.571. The quantitative estimate of drug-likeness (QED) is 0.783. The predicted octanol–water partition coefficient (Wildman–Crippen LogP) is 4.03. The monoisotopic (exact) mass is 394 g/mol. The van der Waals surface area contributed by atoms with Gasteiger partial charge in [-0.2, -0.15) is 4.31 Å². The van der Waals surface area contributed by atoms with Crippen LogP contribution >= 0.6 is 27.5 Å². The molecule has 2 rings (SSSR count). The van der Waals surface area contributed by atoms with Crippen LogP contribution in [0.1, 0.15) is 39.0 Å². The highest BCUT2D eigenvalue weighted by Gasteiger charge is 2.33. The number of hydrogen-bond donors (Lipinski definition) is 1. The van der Waals surface area contributed by atoms with Gasteiger partial charge in [-0.1, -0.05) is 37.8 Å². The van der Waals surface area contributed by atoms with Gasteiger partial charge in [0, 0.05) is 23.3 Å². The normalized spacial score (nSPS) is 17.3. The Balaban J connectivity index is 2.44. The van der Waals surface area contributed by atoms with Gasteiger partial charge in [-0.25, -0.2) is 8.42 Å². The number of hydrogen-bond acceptors (Lipinski definition) is 3. The lowest BCUT2D eigenvalue weighted by molar-refractivity contribution is 0.261. The van der Waals surface area contributed by atoms with Crippen LogP contribution in [0.25, 0.3) is 0 Å².